The van der Waals surface area contributed by atoms with Gasteiger partial charge in [-0.1, -0.05) is 37.3 Å². The Morgan fingerprint density at radius 2 is 2.26 bits per heavy atom. The monoisotopic (exact) mass is 378 g/mol. The Morgan fingerprint density at radius 1 is 1.41 bits per heavy atom. The summed E-state index contributed by atoms with van der Waals surface area (Å²) in [5.41, 5.74) is 6.00. The van der Waals surface area contributed by atoms with Gasteiger partial charge in [0.2, 0.25) is 0 Å². The van der Waals surface area contributed by atoms with Gasteiger partial charge in [0.25, 0.3) is 5.91 Å². The quantitative estimate of drug-likeness (QED) is 0.541. The second-order valence-corrected chi connectivity index (χ2v) is 8.20. The lowest BCUT2D eigenvalue weighted by Gasteiger charge is -2.16. The zero-order valence-electron chi connectivity index (χ0n) is 15.3. The molecule has 2 aromatic heterocycles. The second-order valence-electron chi connectivity index (χ2n) is 7.06. The third-order valence-corrected chi connectivity index (χ3v) is 6.01. The lowest BCUT2D eigenvalue weighted by atomic mass is 9.90. The number of fused-ring (bicyclic) bond motifs is 1. The van der Waals surface area contributed by atoms with Gasteiger partial charge in [-0.25, -0.2) is 5.43 Å². The fourth-order valence-electron chi connectivity index (χ4n) is 3.34. The summed E-state index contributed by atoms with van der Waals surface area (Å²) in [5, 5.41) is 8.42. The first kappa shape index (κ1) is 17.7. The van der Waals surface area contributed by atoms with Crippen molar-refractivity contribution in [2.24, 2.45) is 11.0 Å². The van der Waals surface area contributed by atoms with Crippen LogP contribution in [0.15, 0.2) is 53.9 Å². The first-order chi connectivity index (χ1) is 13.2. The van der Waals surface area contributed by atoms with Gasteiger partial charge in [-0.15, -0.1) is 11.3 Å². The summed E-state index contributed by atoms with van der Waals surface area (Å²) < 4.78 is 1.85. The smallest absolute Gasteiger partial charge is 0.268 e. The Kier molecular flexibility index (Phi) is 5.16. The molecule has 0 fully saturated rings. The number of rotatable bonds is 5. The third kappa shape index (κ3) is 4.34. The van der Waals surface area contributed by atoms with Crippen molar-refractivity contribution in [3.8, 4) is 0 Å². The Hall–Kier alpha value is -2.73. The van der Waals surface area contributed by atoms with Crippen molar-refractivity contribution in [2.75, 3.05) is 0 Å². The molecular weight excluding hydrogens is 356 g/mol. The van der Waals surface area contributed by atoms with E-state index in [0.717, 1.165) is 23.3 Å². The maximum absolute atomic E-state index is 12.3. The predicted octanol–water partition coefficient (Wildman–Crippen LogP) is 3.88. The number of carbonyl (C=O) groups excluding carboxylic acids is 1. The number of nitrogens with zero attached hydrogens (tertiary/aromatic N) is 3. The average Bonchev–Trinajstić information content (AvgIpc) is 3.29. The van der Waals surface area contributed by atoms with Crippen LogP contribution in [0, 0.1) is 5.92 Å². The minimum atomic E-state index is -0.144. The summed E-state index contributed by atoms with van der Waals surface area (Å²) in [4.78, 5) is 14.4. The minimum Gasteiger partial charge on any atom is -0.268 e. The van der Waals surface area contributed by atoms with Gasteiger partial charge in [0.05, 0.1) is 23.8 Å². The van der Waals surface area contributed by atoms with Crippen LogP contribution in [0.5, 0.6) is 0 Å². The van der Waals surface area contributed by atoms with Gasteiger partial charge < -0.3 is 0 Å². The fraction of sp³-hybridized carbons (Fsp3) is 0.286. The summed E-state index contributed by atoms with van der Waals surface area (Å²) in [7, 11) is 0. The molecule has 1 aliphatic rings. The molecule has 138 valence electrons. The van der Waals surface area contributed by atoms with Crippen molar-refractivity contribution in [1.29, 1.82) is 0 Å². The predicted molar refractivity (Wildman–Crippen MR) is 108 cm³/mol. The number of amides is 1. The van der Waals surface area contributed by atoms with Crippen LogP contribution in [0.3, 0.4) is 0 Å². The number of nitrogens with one attached hydrogen (secondary N) is 1. The molecule has 0 saturated carbocycles. The van der Waals surface area contributed by atoms with Crippen LogP contribution in [-0.2, 0) is 19.4 Å². The van der Waals surface area contributed by atoms with E-state index in [1.807, 2.05) is 35.1 Å². The molecule has 1 N–H and O–H groups in total. The van der Waals surface area contributed by atoms with Crippen molar-refractivity contribution in [3.05, 3.63) is 75.2 Å². The van der Waals surface area contributed by atoms with Crippen molar-refractivity contribution in [3.63, 3.8) is 0 Å². The van der Waals surface area contributed by atoms with Crippen molar-refractivity contribution >= 4 is 23.5 Å². The molecule has 27 heavy (non-hydrogen) atoms. The summed E-state index contributed by atoms with van der Waals surface area (Å²) in [6, 6.07) is 12.2. The summed E-state index contributed by atoms with van der Waals surface area (Å²) in [6.07, 6.45) is 8.64. The van der Waals surface area contributed by atoms with E-state index in [1.165, 1.54) is 22.4 Å². The molecule has 0 radical (unpaired) electrons. The van der Waals surface area contributed by atoms with E-state index < -0.39 is 0 Å². The molecule has 0 bridgehead atoms. The van der Waals surface area contributed by atoms with E-state index in [-0.39, 0.29) is 5.91 Å². The molecular formula is C21H22N4OS. The number of hydrogen-bond acceptors (Lipinski definition) is 4. The van der Waals surface area contributed by atoms with Crippen molar-refractivity contribution < 1.29 is 4.79 Å². The molecule has 1 aliphatic carbocycles. The van der Waals surface area contributed by atoms with Gasteiger partial charge in [0.1, 0.15) is 0 Å². The maximum Gasteiger partial charge on any atom is 0.281 e. The number of aromatic nitrogens is 2. The lowest BCUT2D eigenvalue weighted by molar-refractivity contribution is 0.0959. The van der Waals surface area contributed by atoms with Crippen LogP contribution in [-0.4, -0.2) is 21.9 Å². The number of carbonyl (C=O) groups is 1. The SMILES string of the molecule is C[C@H]1CCc2sc(C(=O)N/N=C\c3cnn(Cc4ccccc4)c3)cc2C1. The molecule has 1 atom stereocenters. The Morgan fingerprint density at radius 3 is 3.11 bits per heavy atom. The topological polar surface area (TPSA) is 59.3 Å². The van der Waals surface area contributed by atoms with Crippen LogP contribution < -0.4 is 5.43 Å². The van der Waals surface area contributed by atoms with Crippen LogP contribution in [0.25, 0.3) is 0 Å². The zero-order valence-corrected chi connectivity index (χ0v) is 16.1. The first-order valence-electron chi connectivity index (χ1n) is 9.19. The van der Waals surface area contributed by atoms with Crippen LogP contribution in [0.1, 0.15) is 44.6 Å². The van der Waals surface area contributed by atoms with E-state index in [1.54, 1.807) is 23.7 Å². The van der Waals surface area contributed by atoms with Crippen LogP contribution >= 0.6 is 11.3 Å². The van der Waals surface area contributed by atoms with Crippen LogP contribution in [0.4, 0.5) is 0 Å². The van der Waals surface area contributed by atoms with E-state index in [4.69, 9.17) is 0 Å². The van der Waals surface area contributed by atoms with Gasteiger partial charge >= 0.3 is 0 Å². The average molecular weight is 379 g/mol. The third-order valence-electron chi connectivity index (χ3n) is 4.77. The van der Waals surface area contributed by atoms with Gasteiger partial charge in [0, 0.05) is 16.6 Å². The molecule has 0 aliphatic heterocycles. The molecule has 1 amide bonds. The number of hydrazone groups is 1. The highest BCUT2D eigenvalue weighted by Crippen LogP contribution is 2.32. The summed E-state index contributed by atoms with van der Waals surface area (Å²) >= 11 is 1.59. The molecule has 6 heteroatoms. The fourth-order valence-corrected chi connectivity index (χ4v) is 4.44. The molecule has 0 saturated heterocycles. The minimum absolute atomic E-state index is 0.144. The van der Waals surface area contributed by atoms with Crippen LogP contribution in [0.2, 0.25) is 0 Å². The standard InChI is InChI=1S/C21H22N4OS/c1-15-7-8-19-18(9-15)10-20(27-19)21(26)24-22-11-17-12-23-25(14-17)13-16-5-3-2-4-6-16/h2-6,10-12,14-15H,7-9,13H2,1H3,(H,24,26)/b22-11-/t15-/m0/s1. The van der Waals surface area contributed by atoms with Crippen molar-refractivity contribution in [2.45, 2.75) is 32.7 Å². The molecule has 5 nitrogen and oxygen atoms in total. The normalized spacial score (nSPS) is 16.4. The lowest BCUT2D eigenvalue weighted by Crippen LogP contribution is -2.16. The molecule has 4 rings (SSSR count). The van der Waals surface area contributed by atoms with Gasteiger partial charge in [0.15, 0.2) is 0 Å². The number of hydrogen-bond donors (Lipinski definition) is 1. The largest absolute Gasteiger partial charge is 0.281 e. The van der Waals surface area contributed by atoms with E-state index >= 15 is 0 Å². The maximum atomic E-state index is 12.3. The Bertz CT molecular complexity index is 958. The number of benzene rings is 1. The van der Waals surface area contributed by atoms with Gasteiger partial charge in [-0.2, -0.15) is 10.2 Å². The zero-order chi connectivity index (χ0) is 18.6. The molecule has 3 aromatic rings. The first-order valence-corrected chi connectivity index (χ1v) is 10.0. The van der Waals surface area contributed by atoms with Gasteiger partial charge in [-0.05, 0) is 42.4 Å². The van der Waals surface area contributed by atoms with E-state index in [0.29, 0.717) is 12.5 Å². The summed E-state index contributed by atoms with van der Waals surface area (Å²) in [5.74, 6) is 0.559. The molecule has 0 unspecified atom stereocenters. The van der Waals surface area contributed by atoms with E-state index in [2.05, 4.69) is 34.7 Å². The highest BCUT2D eigenvalue weighted by atomic mass is 32.1. The molecule has 1 aromatic carbocycles. The van der Waals surface area contributed by atoms with Crippen molar-refractivity contribution in [1.82, 2.24) is 15.2 Å². The highest BCUT2D eigenvalue weighted by Gasteiger charge is 2.20. The summed E-state index contributed by atoms with van der Waals surface area (Å²) in [6.45, 7) is 2.98. The second kappa shape index (κ2) is 7.88. The van der Waals surface area contributed by atoms with E-state index in [9.17, 15) is 4.79 Å². The highest BCUT2D eigenvalue weighted by molar-refractivity contribution is 7.14. The van der Waals surface area contributed by atoms with Gasteiger partial charge in [-0.3, -0.25) is 9.48 Å². The molecule has 2 heterocycles. The molecule has 0 spiro atoms. The number of aryl methyl sites for hydroxylation is 1. The Balaban J connectivity index is 1.35. The Labute approximate surface area is 162 Å². The number of thiophene rings is 1.